The molecule has 5 N–H and O–H groups in total. The van der Waals surface area contributed by atoms with E-state index in [1.165, 1.54) is 27.7 Å². The number of carbonyl (C=O) groups excluding carboxylic acids is 4. The van der Waals surface area contributed by atoms with Gasteiger partial charge in [0.25, 0.3) is 17.3 Å². The fourth-order valence-electron chi connectivity index (χ4n) is 2.49. The normalized spacial score (nSPS) is 13.8. The Morgan fingerprint density at radius 3 is 1.37 bits per heavy atom. The number of nitrogens with zero attached hydrogens (tertiary/aromatic N) is 2. The molecule has 16 heteroatoms. The molecule has 4 amide bonds. The summed E-state index contributed by atoms with van der Waals surface area (Å²) in [6, 6.07) is -2.44. The minimum atomic E-state index is -1.27. The van der Waals surface area contributed by atoms with Crippen molar-refractivity contribution < 1.29 is 38.9 Å². The van der Waals surface area contributed by atoms with Crippen LogP contribution in [0.3, 0.4) is 0 Å². The fourth-order valence-corrected chi connectivity index (χ4v) is 2.49. The van der Waals surface area contributed by atoms with Crippen LogP contribution in [0.2, 0.25) is 0 Å². The largest absolute Gasteiger partial charge is 0.480 e. The number of carboxylic acid groups (broad SMARTS) is 1. The number of non-ortho nitro benzene ring substituents is 2. The first-order chi connectivity index (χ1) is 16.1. The smallest absolute Gasteiger partial charge is 0.325 e. The summed E-state index contributed by atoms with van der Waals surface area (Å²) in [5.41, 5.74) is -1.81. The summed E-state index contributed by atoms with van der Waals surface area (Å²) in [4.78, 5) is 79.8. The highest BCUT2D eigenvalue weighted by molar-refractivity contribution is 5.99. The molecule has 0 saturated carbocycles. The number of rotatable bonds is 11. The van der Waals surface area contributed by atoms with E-state index in [0.717, 1.165) is 12.1 Å². The number of benzene rings is 1. The first-order valence-corrected chi connectivity index (χ1v) is 10.0. The molecule has 0 aliphatic carbocycles. The molecule has 190 valence electrons. The molecule has 1 aromatic rings. The summed E-state index contributed by atoms with van der Waals surface area (Å²) >= 11 is 0. The second-order valence-corrected chi connectivity index (χ2v) is 7.48. The van der Waals surface area contributed by atoms with Crippen LogP contribution in [-0.2, 0) is 19.2 Å². The van der Waals surface area contributed by atoms with Gasteiger partial charge in [0.15, 0.2) is 0 Å². The average molecular weight is 496 g/mol. The Morgan fingerprint density at radius 2 is 1.03 bits per heavy atom. The number of amides is 4. The van der Waals surface area contributed by atoms with E-state index in [0.29, 0.717) is 6.07 Å². The van der Waals surface area contributed by atoms with E-state index < -0.39 is 80.6 Å². The van der Waals surface area contributed by atoms with Crippen molar-refractivity contribution in [1.82, 2.24) is 21.3 Å². The van der Waals surface area contributed by atoms with Crippen molar-refractivity contribution >= 4 is 41.0 Å². The Bertz CT molecular complexity index is 1030. The molecule has 16 nitrogen and oxygen atoms in total. The summed E-state index contributed by atoms with van der Waals surface area (Å²) in [5, 5.41) is 39.7. The number of carbonyl (C=O) groups is 5. The van der Waals surface area contributed by atoms with E-state index in [1.54, 1.807) is 0 Å². The van der Waals surface area contributed by atoms with E-state index in [-0.39, 0.29) is 0 Å². The van der Waals surface area contributed by atoms with Crippen LogP contribution >= 0.6 is 0 Å². The first-order valence-electron chi connectivity index (χ1n) is 10.0. The van der Waals surface area contributed by atoms with Crippen molar-refractivity contribution in [3.05, 3.63) is 44.0 Å². The maximum absolute atomic E-state index is 12.4. The van der Waals surface area contributed by atoms with Crippen LogP contribution in [0, 0.1) is 20.2 Å². The van der Waals surface area contributed by atoms with Gasteiger partial charge in [0.2, 0.25) is 17.7 Å². The van der Waals surface area contributed by atoms with Crippen molar-refractivity contribution in [2.75, 3.05) is 0 Å². The third kappa shape index (κ3) is 8.34. The second kappa shape index (κ2) is 12.0. The van der Waals surface area contributed by atoms with Crippen molar-refractivity contribution in [1.29, 1.82) is 0 Å². The van der Waals surface area contributed by atoms with Gasteiger partial charge in [-0.2, -0.15) is 0 Å². The lowest BCUT2D eigenvalue weighted by Gasteiger charge is -2.21. The number of hydrogen-bond donors (Lipinski definition) is 5. The van der Waals surface area contributed by atoms with Crippen LogP contribution in [0.25, 0.3) is 0 Å². The zero-order valence-electron chi connectivity index (χ0n) is 19.1. The molecule has 4 atom stereocenters. The Morgan fingerprint density at radius 1 is 0.686 bits per heavy atom. The minimum absolute atomic E-state index is 0.424. The highest BCUT2D eigenvalue weighted by atomic mass is 16.6. The summed E-state index contributed by atoms with van der Waals surface area (Å²) in [5.74, 6) is -4.66. The Balaban J connectivity index is 2.75. The van der Waals surface area contributed by atoms with Gasteiger partial charge in [0.05, 0.1) is 21.5 Å². The number of nitrogens with one attached hydrogen (secondary N) is 4. The molecule has 0 bridgehead atoms. The lowest BCUT2D eigenvalue weighted by atomic mass is 10.1. The lowest BCUT2D eigenvalue weighted by molar-refractivity contribution is -0.394. The topological polar surface area (TPSA) is 240 Å². The predicted molar refractivity (Wildman–Crippen MR) is 117 cm³/mol. The quantitative estimate of drug-likeness (QED) is 0.189. The van der Waals surface area contributed by atoms with Crippen LogP contribution in [0.5, 0.6) is 0 Å². The monoisotopic (exact) mass is 496 g/mol. The van der Waals surface area contributed by atoms with Crippen molar-refractivity contribution in [2.45, 2.75) is 51.9 Å². The molecule has 1 rings (SSSR count). The SMILES string of the molecule is CC(NC(=O)C(C)NC(=O)C(C)NC(=O)C(C)NC(=O)c1cc([N+](=O)[O-])cc([N+](=O)[O-])c1)C(=O)O. The molecule has 1 aromatic carbocycles. The van der Waals surface area contributed by atoms with Crippen LogP contribution in [-0.4, -0.2) is 68.7 Å². The summed E-state index contributed by atoms with van der Waals surface area (Å²) < 4.78 is 0. The van der Waals surface area contributed by atoms with Gasteiger partial charge in [-0.1, -0.05) is 0 Å². The molecule has 0 spiro atoms. The van der Waals surface area contributed by atoms with Crippen molar-refractivity contribution in [3.63, 3.8) is 0 Å². The van der Waals surface area contributed by atoms with Gasteiger partial charge in [-0.3, -0.25) is 44.2 Å². The van der Waals surface area contributed by atoms with E-state index in [4.69, 9.17) is 5.11 Å². The van der Waals surface area contributed by atoms with Gasteiger partial charge >= 0.3 is 5.97 Å². The molecule has 0 saturated heterocycles. The van der Waals surface area contributed by atoms with Gasteiger partial charge in [-0.25, -0.2) is 0 Å². The average Bonchev–Trinajstić information content (AvgIpc) is 2.77. The minimum Gasteiger partial charge on any atom is -0.480 e. The predicted octanol–water partition coefficient (Wildman–Crippen LogP) is -0.780. The lowest BCUT2D eigenvalue weighted by Crippen LogP contribution is -2.55. The number of nitro benzene ring substituents is 2. The number of nitro groups is 2. The zero-order chi connectivity index (χ0) is 27.0. The number of aliphatic carboxylic acids is 1. The van der Waals surface area contributed by atoms with Crippen molar-refractivity contribution in [3.8, 4) is 0 Å². The summed E-state index contributed by atoms with van der Waals surface area (Å²) in [6.07, 6.45) is 0. The molecule has 0 aliphatic rings. The fraction of sp³-hybridized carbons (Fsp3) is 0.421. The van der Waals surface area contributed by atoms with E-state index in [2.05, 4.69) is 21.3 Å². The third-order valence-corrected chi connectivity index (χ3v) is 4.56. The molecule has 4 unspecified atom stereocenters. The van der Waals surface area contributed by atoms with E-state index in [1.807, 2.05) is 0 Å². The van der Waals surface area contributed by atoms with Gasteiger partial charge in [0, 0.05) is 12.1 Å². The Hall–Kier alpha value is -4.63. The highest BCUT2D eigenvalue weighted by Crippen LogP contribution is 2.22. The molecule has 0 aromatic heterocycles. The Kier molecular flexibility index (Phi) is 9.74. The molecular formula is C19H24N6O10. The zero-order valence-corrected chi connectivity index (χ0v) is 19.1. The summed E-state index contributed by atoms with van der Waals surface area (Å²) in [7, 11) is 0. The highest BCUT2D eigenvalue weighted by Gasteiger charge is 2.26. The van der Waals surface area contributed by atoms with Crippen LogP contribution in [0.4, 0.5) is 11.4 Å². The number of carboxylic acids is 1. The van der Waals surface area contributed by atoms with Gasteiger partial charge in [-0.05, 0) is 27.7 Å². The van der Waals surface area contributed by atoms with Gasteiger partial charge in [0.1, 0.15) is 24.2 Å². The molecule has 0 fully saturated rings. The van der Waals surface area contributed by atoms with Gasteiger partial charge in [-0.15, -0.1) is 0 Å². The van der Waals surface area contributed by atoms with E-state index in [9.17, 15) is 44.2 Å². The van der Waals surface area contributed by atoms with Crippen LogP contribution in [0.1, 0.15) is 38.1 Å². The molecule has 0 radical (unpaired) electrons. The standard InChI is InChI=1S/C19H24N6O10/c1-8(15(26)21-9(2)17(28)23-11(4)19(30)31)20-16(27)10(3)22-18(29)12-5-13(24(32)33)7-14(6-12)25(34)35/h5-11H,1-4H3,(H,20,27)(H,21,26)(H,22,29)(H,23,28)(H,30,31). The Labute approximate surface area is 197 Å². The van der Waals surface area contributed by atoms with Crippen LogP contribution < -0.4 is 21.3 Å². The molecule has 35 heavy (non-hydrogen) atoms. The van der Waals surface area contributed by atoms with Crippen LogP contribution in [0.15, 0.2) is 18.2 Å². The second-order valence-electron chi connectivity index (χ2n) is 7.48. The molecule has 0 heterocycles. The van der Waals surface area contributed by atoms with Gasteiger partial charge < -0.3 is 26.4 Å². The third-order valence-electron chi connectivity index (χ3n) is 4.56. The first kappa shape index (κ1) is 28.4. The number of hydrogen-bond acceptors (Lipinski definition) is 9. The molecular weight excluding hydrogens is 472 g/mol. The molecule has 0 aliphatic heterocycles. The maximum Gasteiger partial charge on any atom is 0.325 e. The summed E-state index contributed by atoms with van der Waals surface area (Å²) in [6.45, 7) is 5.07. The van der Waals surface area contributed by atoms with E-state index >= 15 is 0 Å². The maximum atomic E-state index is 12.4. The van der Waals surface area contributed by atoms with Crippen molar-refractivity contribution in [2.24, 2.45) is 0 Å².